The fraction of sp³-hybridized carbons (Fsp3) is 0.160. The van der Waals surface area contributed by atoms with Gasteiger partial charge < -0.3 is 9.47 Å². The summed E-state index contributed by atoms with van der Waals surface area (Å²) < 4.78 is 41.1. The highest BCUT2D eigenvalue weighted by atomic mass is 32.1. The zero-order chi connectivity index (χ0) is 22.6. The van der Waals surface area contributed by atoms with Crippen LogP contribution in [0.4, 0.5) is 13.2 Å². The summed E-state index contributed by atoms with van der Waals surface area (Å²) in [5.41, 5.74) is 1.75. The van der Waals surface area contributed by atoms with Crippen molar-refractivity contribution in [2.24, 2.45) is 0 Å². The van der Waals surface area contributed by atoms with Crippen molar-refractivity contribution in [1.29, 1.82) is 0 Å². The molecule has 2 aromatic carbocycles. The molecule has 0 saturated carbocycles. The van der Waals surface area contributed by atoms with Crippen LogP contribution in [0.15, 0.2) is 90.4 Å². The Kier molecular flexibility index (Phi) is 6.46. The molecule has 0 bridgehead atoms. The maximum Gasteiger partial charge on any atom is 0.416 e. The highest BCUT2D eigenvalue weighted by Gasteiger charge is 2.30. The largest absolute Gasteiger partial charge is 0.416 e. The summed E-state index contributed by atoms with van der Waals surface area (Å²) >= 11 is 1.39. The normalized spacial score (nSPS) is 11.5. The lowest BCUT2D eigenvalue weighted by Crippen LogP contribution is -2.30. The number of rotatable bonds is 7. The Morgan fingerprint density at radius 2 is 1.66 bits per heavy atom. The molecule has 0 aliphatic carbocycles. The standard InChI is InChI=1S/C25H21F3N2OS/c26-25(27,28)21-10-4-9-20(15-21)17-29-13-5-11-22(29)18-30(16-19-7-2-1-3-8-19)24(31)23-12-6-14-32-23/h1-15H,16-18H2. The number of hydrogen-bond donors (Lipinski definition) is 0. The van der Waals surface area contributed by atoms with Crippen LogP contribution in [0.25, 0.3) is 0 Å². The molecule has 0 N–H and O–H groups in total. The molecule has 1 amide bonds. The van der Waals surface area contributed by atoms with E-state index in [1.807, 2.05) is 64.7 Å². The number of carbonyl (C=O) groups is 1. The zero-order valence-electron chi connectivity index (χ0n) is 17.1. The van der Waals surface area contributed by atoms with Crippen molar-refractivity contribution in [2.75, 3.05) is 0 Å². The van der Waals surface area contributed by atoms with Crippen molar-refractivity contribution in [3.63, 3.8) is 0 Å². The molecule has 0 spiro atoms. The monoisotopic (exact) mass is 454 g/mol. The van der Waals surface area contributed by atoms with E-state index in [1.165, 1.54) is 23.5 Å². The second-order valence-corrected chi connectivity index (χ2v) is 8.40. The molecule has 0 fully saturated rings. The summed E-state index contributed by atoms with van der Waals surface area (Å²) in [5.74, 6) is -0.0735. The van der Waals surface area contributed by atoms with Gasteiger partial charge in [-0.15, -0.1) is 11.3 Å². The average molecular weight is 455 g/mol. The van der Waals surface area contributed by atoms with Gasteiger partial charge in [0.2, 0.25) is 0 Å². The van der Waals surface area contributed by atoms with Gasteiger partial charge in [0.05, 0.1) is 17.0 Å². The van der Waals surface area contributed by atoms with Crippen LogP contribution in [0, 0.1) is 0 Å². The van der Waals surface area contributed by atoms with Crippen molar-refractivity contribution in [1.82, 2.24) is 9.47 Å². The van der Waals surface area contributed by atoms with Crippen LogP contribution in [0.2, 0.25) is 0 Å². The van der Waals surface area contributed by atoms with Crippen molar-refractivity contribution in [3.8, 4) is 0 Å². The van der Waals surface area contributed by atoms with Gasteiger partial charge in [-0.25, -0.2) is 0 Å². The van der Waals surface area contributed by atoms with E-state index in [9.17, 15) is 18.0 Å². The first kappa shape index (κ1) is 21.9. The topological polar surface area (TPSA) is 25.2 Å². The predicted octanol–water partition coefficient (Wildman–Crippen LogP) is 6.46. The molecule has 0 unspecified atom stereocenters. The predicted molar refractivity (Wildman–Crippen MR) is 119 cm³/mol. The number of thiophene rings is 1. The lowest BCUT2D eigenvalue weighted by molar-refractivity contribution is -0.137. The van der Waals surface area contributed by atoms with Gasteiger partial charge in [-0.05, 0) is 46.8 Å². The van der Waals surface area contributed by atoms with E-state index in [0.717, 1.165) is 17.3 Å². The fourth-order valence-electron chi connectivity index (χ4n) is 3.54. The molecule has 4 rings (SSSR count). The smallest absolute Gasteiger partial charge is 0.345 e. The summed E-state index contributed by atoms with van der Waals surface area (Å²) in [6, 6.07) is 22.4. The molecule has 0 atom stereocenters. The number of alkyl halides is 3. The molecule has 0 saturated heterocycles. The third-order valence-electron chi connectivity index (χ3n) is 5.12. The minimum atomic E-state index is -4.38. The second kappa shape index (κ2) is 9.44. The maximum atomic E-state index is 13.2. The Bertz CT molecular complexity index is 1170. The number of nitrogens with zero attached hydrogens (tertiary/aromatic N) is 2. The Balaban J connectivity index is 1.57. The quantitative estimate of drug-likeness (QED) is 0.315. The van der Waals surface area contributed by atoms with Gasteiger partial charge in [0.15, 0.2) is 0 Å². The molecule has 0 aliphatic rings. The summed E-state index contributed by atoms with van der Waals surface area (Å²) in [7, 11) is 0. The first-order chi connectivity index (χ1) is 15.4. The fourth-order valence-corrected chi connectivity index (χ4v) is 4.24. The van der Waals surface area contributed by atoms with E-state index >= 15 is 0 Å². The van der Waals surface area contributed by atoms with Crippen LogP contribution in [0.1, 0.15) is 32.1 Å². The lowest BCUT2D eigenvalue weighted by Gasteiger charge is -2.23. The van der Waals surface area contributed by atoms with E-state index in [0.29, 0.717) is 30.1 Å². The van der Waals surface area contributed by atoms with Gasteiger partial charge in [-0.1, -0.05) is 48.5 Å². The third kappa shape index (κ3) is 5.29. The lowest BCUT2D eigenvalue weighted by atomic mass is 10.1. The minimum Gasteiger partial charge on any atom is -0.345 e. The highest BCUT2D eigenvalue weighted by molar-refractivity contribution is 7.12. The van der Waals surface area contributed by atoms with Crippen LogP contribution < -0.4 is 0 Å². The number of hydrogen-bond acceptors (Lipinski definition) is 2. The summed E-state index contributed by atoms with van der Waals surface area (Å²) in [4.78, 5) is 15.6. The van der Waals surface area contributed by atoms with Gasteiger partial charge in [0.1, 0.15) is 0 Å². The molecular weight excluding hydrogens is 433 g/mol. The highest BCUT2D eigenvalue weighted by Crippen LogP contribution is 2.30. The molecule has 0 radical (unpaired) electrons. The van der Waals surface area contributed by atoms with Crippen molar-refractivity contribution in [2.45, 2.75) is 25.8 Å². The van der Waals surface area contributed by atoms with Gasteiger partial charge >= 0.3 is 6.18 Å². The molecule has 164 valence electrons. The van der Waals surface area contributed by atoms with E-state index < -0.39 is 11.7 Å². The molecule has 7 heteroatoms. The first-order valence-corrected chi connectivity index (χ1v) is 10.9. The van der Waals surface area contributed by atoms with Crippen LogP contribution in [0.3, 0.4) is 0 Å². The zero-order valence-corrected chi connectivity index (χ0v) is 17.9. The number of amides is 1. The molecular formula is C25H21F3N2OS. The number of carbonyl (C=O) groups excluding carboxylic acids is 1. The van der Waals surface area contributed by atoms with E-state index in [4.69, 9.17) is 0 Å². The second-order valence-electron chi connectivity index (χ2n) is 7.45. The van der Waals surface area contributed by atoms with Crippen LogP contribution in [0.5, 0.6) is 0 Å². The van der Waals surface area contributed by atoms with Gasteiger partial charge in [-0.3, -0.25) is 4.79 Å². The van der Waals surface area contributed by atoms with Crippen LogP contribution in [-0.2, 0) is 25.8 Å². The number of benzene rings is 2. The minimum absolute atomic E-state index is 0.0735. The summed E-state index contributed by atoms with van der Waals surface area (Å²) in [6.45, 7) is 1.07. The van der Waals surface area contributed by atoms with Gasteiger partial charge in [-0.2, -0.15) is 13.2 Å². The Hall–Kier alpha value is -3.32. The van der Waals surface area contributed by atoms with Gasteiger partial charge in [0.25, 0.3) is 5.91 Å². The summed E-state index contributed by atoms with van der Waals surface area (Å²) in [5, 5.41) is 1.87. The summed E-state index contributed by atoms with van der Waals surface area (Å²) in [6.07, 6.45) is -2.55. The van der Waals surface area contributed by atoms with E-state index in [1.54, 1.807) is 17.0 Å². The van der Waals surface area contributed by atoms with E-state index in [2.05, 4.69) is 0 Å². The van der Waals surface area contributed by atoms with Crippen LogP contribution >= 0.6 is 11.3 Å². The maximum absolute atomic E-state index is 13.2. The van der Waals surface area contributed by atoms with E-state index in [-0.39, 0.29) is 5.91 Å². The van der Waals surface area contributed by atoms with Crippen molar-refractivity contribution < 1.29 is 18.0 Å². The molecule has 0 aliphatic heterocycles. The Morgan fingerprint density at radius 1 is 0.875 bits per heavy atom. The Morgan fingerprint density at radius 3 is 2.38 bits per heavy atom. The van der Waals surface area contributed by atoms with Crippen LogP contribution in [-0.4, -0.2) is 15.4 Å². The van der Waals surface area contributed by atoms with Crippen molar-refractivity contribution >= 4 is 17.2 Å². The SMILES string of the molecule is O=C(c1cccs1)N(Cc1ccccc1)Cc1cccn1Cc1cccc(C(F)(F)F)c1. The molecule has 3 nitrogen and oxygen atoms in total. The average Bonchev–Trinajstić information content (AvgIpc) is 3.46. The molecule has 2 aromatic heterocycles. The molecule has 32 heavy (non-hydrogen) atoms. The van der Waals surface area contributed by atoms with Crippen molar-refractivity contribution in [3.05, 3.63) is 118 Å². The van der Waals surface area contributed by atoms with Gasteiger partial charge in [0, 0.05) is 25.0 Å². The number of halogens is 3. The first-order valence-electron chi connectivity index (χ1n) is 10.1. The molecule has 2 heterocycles. The third-order valence-corrected chi connectivity index (χ3v) is 5.98. The Labute approximate surface area is 188 Å². The molecule has 4 aromatic rings. The number of aromatic nitrogens is 1.